The molecule has 4 atom stereocenters. The molecule has 31 heavy (non-hydrogen) atoms. The molecular formula is C20H30N4O7. The van der Waals surface area contributed by atoms with Crippen molar-refractivity contribution in [2.75, 3.05) is 6.61 Å². The smallest absolute Gasteiger partial charge is 0.328 e. The van der Waals surface area contributed by atoms with Gasteiger partial charge in [-0.3, -0.25) is 14.4 Å². The first-order valence-corrected chi connectivity index (χ1v) is 9.74. The number of carbonyl (C=O) groups excluding carboxylic acids is 3. The van der Waals surface area contributed by atoms with Crippen molar-refractivity contribution in [2.45, 2.75) is 51.4 Å². The molecule has 0 spiro atoms. The fourth-order valence-electron chi connectivity index (χ4n) is 2.51. The van der Waals surface area contributed by atoms with E-state index in [-0.39, 0.29) is 18.1 Å². The van der Waals surface area contributed by atoms with Gasteiger partial charge < -0.3 is 37.0 Å². The first-order chi connectivity index (χ1) is 14.5. The fraction of sp³-hybridized carbons (Fsp3) is 0.500. The van der Waals surface area contributed by atoms with Gasteiger partial charge in [0.05, 0.1) is 12.6 Å². The molecule has 0 fully saturated rings. The summed E-state index contributed by atoms with van der Waals surface area (Å²) >= 11 is 0. The number of aliphatic carboxylic acids is 1. The van der Waals surface area contributed by atoms with Crippen LogP contribution in [0.5, 0.6) is 5.75 Å². The summed E-state index contributed by atoms with van der Waals surface area (Å²) in [4.78, 5) is 48.4. The summed E-state index contributed by atoms with van der Waals surface area (Å²) in [6, 6.07) is 1.29. The van der Waals surface area contributed by atoms with Gasteiger partial charge in [-0.05, 0) is 30.5 Å². The quantitative estimate of drug-likeness (QED) is 0.216. The lowest BCUT2D eigenvalue weighted by Crippen LogP contribution is -2.57. The highest BCUT2D eigenvalue weighted by atomic mass is 16.4. The summed E-state index contributed by atoms with van der Waals surface area (Å²) in [6.07, 6.45) is -0.0260. The van der Waals surface area contributed by atoms with E-state index in [1.54, 1.807) is 13.8 Å². The van der Waals surface area contributed by atoms with E-state index in [1.165, 1.54) is 31.2 Å². The summed E-state index contributed by atoms with van der Waals surface area (Å²) in [5.74, 6) is -3.61. The Morgan fingerprint density at radius 1 is 0.903 bits per heavy atom. The van der Waals surface area contributed by atoms with E-state index in [1.807, 2.05) is 0 Å². The SMILES string of the molecule is CC(NC(=O)C(N)C(C)C)C(=O)NC(Cc1ccc(O)cc1)C(=O)NC(CO)C(=O)O. The van der Waals surface area contributed by atoms with Gasteiger partial charge in [-0.15, -0.1) is 0 Å². The number of carboxylic acid groups (broad SMARTS) is 1. The molecule has 0 aromatic heterocycles. The summed E-state index contributed by atoms with van der Waals surface area (Å²) in [6.45, 7) is 4.10. The van der Waals surface area contributed by atoms with E-state index >= 15 is 0 Å². The Balaban J connectivity index is 2.95. The van der Waals surface area contributed by atoms with Crippen LogP contribution in [-0.2, 0) is 25.6 Å². The van der Waals surface area contributed by atoms with E-state index in [2.05, 4.69) is 16.0 Å². The minimum atomic E-state index is -1.55. The van der Waals surface area contributed by atoms with Gasteiger partial charge >= 0.3 is 5.97 Å². The maximum atomic E-state index is 12.6. The Morgan fingerprint density at radius 2 is 1.45 bits per heavy atom. The maximum absolute atomic E-state index is 12.6. The number of hydrogen-bond donors (Lipinski definition) is 7. The van der Waals surface area contributed by atoms with E-state index in [0.717, 1.165) is 0 Å². The van der Waals surface area contributed by atoms with Crippen molar-refractivity contribution in [3.63, 3.8) is 0 Å². The summed E-state index contributed by atoms with van der Waals surface area (Å²) in [7, 11) is 0. The van der Waals surface area contributed by atoms with Crippen LogP contribution in [-0.4, -0.2) is 69.8 Å². The van der Waals surface area contributed by atoms with Crippen LogP contribution in [0.4, 0.5) is 0 Å². The first kappa shape index (κ1) is 25.9. The average molecular weight is 438 g/mol. The zero-order valence-corrected chi connectivity index (χ0v) is 17.7. The van der Waals surface area contributed by atoms with Gasteiger partial charge in [-0.1, -0.05) is 26.0 Å². The molecule has 0 aliphatic rings. The topological polar surface area (TPSA) is 191 Å². The fourth-order valence-corrected chi connectivity index (χ4v) is 2.51. The van der Waals surface area contributed by atoms with Crippen LogP contribution >= 0.6 is 0 Å². The second-order valence-electron chi connectivity index (χ2n) is 7.51. The molecule has 0 aliphatic heterocycles. The number of aliphatic hydroxyl groups is 1. The molecule has 8 N–H and O–H groups in total. The standard InChI is InChI=1S/C20H30N4O7/c1-10(2)16(21)19(29)22-11(3)17(27)23-14(8-12-4-6-13(26)7-5-12)18(28)24-15(9-25)20(30)31/h4-7,10-11,14-16,25-26H,8-9,21H2,1-3H3,(H,22,29)(H,23,27)(H,24,28)(H,30,31). The van der Waals surface area contributed by atoms with Crippen LogP contribution in [0.15, 0.2) is 24.3 Å². The number of nitrogens with two attached hydrogens (primary N) is 1. The van der Waals surface area contributed by atoms with E-state index in [4.69, 9.17) is 15.9 Å². The minimum absolute atomic E-state index is 0.0119. The van der Waals surface area contributed by atoms with Crippen molar-refractivity contribution in [1.82, 2.24) is 16.0 Å². The Hall–Kier alpha value is -3.18. The van der Waals surface area contributed by atoms with E-state index < -0.39 is 54.5 Å². The van der Waals surface area contributed by atoms with Crippen molar-refractivity contribution in [1.29, 1.82) is 0 Å². The third kappa shape index (κ3) is 8.22. The second-order valence-corrected chi connectivity index (χ2v) is 7.51. The molecular weight excluding hydrogens is 408 g/mol. The van der Waals surface area contributed by atoms with Gasteiger partial charge in [0.15, 0.2) is 0 Å². The number of hydrogen-bond acceptors (Lipinski definition) is 7. The number of benzene rings is 1. The first-order valence-electron chi connectivity index (χ1n) is 9.74. The van der Waals surface area contributed by atoms with Gasteiger partial charge in [-0.25, -0.2) is 4.79 Å². The van der Waals surface area contributed by atoms with E-state index in [0.29, 0.717) is 5.56 Å². The average Bonchev–Trinajstić information content (AvgIpc) is 2.71. The summed E-state index contributed by atoms with van der Waals surface area (Å²) < 4.78 is 0. The van der Waals surface area contributed by atoms with Gasteiger partial charge in [0.1, 0.15) is 23.9 Å². The molecule has 4 unspecified atom stereocenters. The predicted molar refractivity (Wildman–Crippen MR) is 111 cm³/mol. The number of carboxylic acids is 1. The molecule has 11 heteroatoms. The van der Waals surface area contributed by atoms with Crippen molar-refractivity contribution < 1.29 is 34.5 Å². The van der Waals surface area contributed by atoms with Crippen molar-refractivity contribution in [3.05, 3.63) is 29.8 Å². The molecule has 3 amide bonds. The lowest BCUT2D eigenvalue weighted by Gasteiger charge is -2.24. The van der Waals surface area contributed by atoms with Gasteiger partial charge in [-0.2, -0.15) is 0 Å². The van der Waals surface area contributed by atoms with E-state index in [9.17, 15) is 24.3 Å². The number of aromatic hydroxyl groups is 1. The number of aliphatic hydroxyl groups excluding tert-OH is 1. The Bertz CT molecular complexity index is 782. The van der Waals surface area contributed by atoms with Gasteiger partial charge in [0.25, 0.3) is 0 Å². The third-order valence-corrected chi connectivity index (χ3v) is 4.58. The largest absolute Gasteiger partial charge is 0.508 e. The molecule has 11 nitrogen and oxygen atoms in total. The number of nitrogens with one attached hydrogen (secondary N) is 3. The summed E-state index contributed by atoms with van der Waals surface area (Å²) in [5, 5.41) is 34.7. The number of amides is 3. The Morgan fingerprint density at radius 3 is 1.94 bits per heavy atom. The predicted octanol–water partition coefficient (Wildman–Crippen LogP) is -1.53. The molecule has 1 rings (SSSR count). The van der Waals surface area contributed by atoms with Crippen molar-refractivity contribution >= 4 is 23.7 Å². The van der Waals surface area contributed by atoms with Crippen LogP contribution in [0.1, 0.15) is 26.3 Å². The molecule has 0 heterocycles. The number of carbonyl (C=O) groups is 4. The minimum Gasteiger partial charge on any atom is -0.508 e. The summed E-state index contributed by atoms with van der Waals surface area (Å²) in [5.41, 5.74) is 6.34. The molecule has 1 aromatic rings. The highest BCUT2D eigenvalue weighted by Crippen LogP contribution is 2.12. The Kier molecular flexibility index (Phi) is 9.90. The normalized spacial score (nSPS) is 14.8. The van der Waals surface area contributed by atoms with Crippen LogP contribution in [0.3, 0.4) is 0 Å². The molecule has 0 saturated carbocycles. The van der Waals surface area contributed by atoms with Crippen molar-refractivity contribution in [2.24, 2.45) is 11.7 Å². The zero-order valence-electron chi connectivity index (χ0n) is 17.7. The van der Waals surface area contributed by atoms with Crippen LogP contribution in [0, 0.1) is 5.92 Å². The second kappa shape index (κ2) is 11.9. The highest BCUT2D eigenvalue weighted by molar-refractivity contribution is 5.94. The lowest BCUT2D eigenvalue weighted by atomic mass is 10.0. The molecule has 172 valence electrons. The number of phenols is 1. The van der Waals surface area contributed by atoms with Gasteiger partial charge in [0, 0.05) is 6.42 Å². The molecule has 0 bridgehead atoms. The van der Waals surface area contributed by atoms with Crippen LogP contribution in [0.2, 0.25) is 0 Å². The highest BCUT2D eigenvalue weighted by Gasteiger charge is 2.29. The molecule has 1 aromatic carbocycles. The van der Waals surface area contributed by atoms with Crippen LogP contribution < -0.4 is 21.7 Å². The third-order valence-electron chi connectivity index (χ3n) is 4.58. The zero-order chi connectivity index (χ0) is 23.7. The molecule has 0 radical (unpaired) electrons. The monoisotopic (exact) mass is 438 g/mol. The number of rotatable bonds is 11. The van der Waals surface area contributed by atoms with Crippen LogP contribution in [0.25, 0.3) is 0 Å². The maximum Gasteiger partial charge on any atom is 0.328 e. The molecule has 0 saturated heterocycles. The van der Waals surface area contributed by atoms with Crippen molar-refractivity contribution in [3.8, 4) is 5.75 Å². The molecule has 0 aliphatic carbocycles. The Labute approximate surface area is 180 Å². The van der Waals surface area contributed by atoms with Gasteiger partial charge in [0.2, 0.25) is 17.7 Å². The number of phenolic OH excluding ortho intramolecular Hbond substituents is 1. The lowest BCUT2D eigenvalue weighted by molar-refractivity contribution is -0.143.